The van der Waals surface area contributed by atoms with E-state index in [2.05, 4.69) is 9.98 Å². The summed E-state index contributed by atoms with van der Waals surface area (Å²) in [5.74, 6) is 0.520. The number of ether oxygens (including phenoxy) is 3. The van der Waals surface area contributed by atoms with Crippen molar-refractivity contribution in [1.29, 1.82) is 0 Å². The lowest BCUT2D eigenvalue weighted by atomic mass is 10.3. The number of carbonyl (C=O) groups is 2. The number of aromatic nitrogens is 2. The van der Waals surface area contributed by atoms with Crippen LogP contribution < -0.4 is 19.1 Å². The summed E-state index contributed by atoms with van der Waals surface area (Å²) in [6.45, 7) is 4.29. The fourth-order valence-corrected chi connectivity index (χ4v) is 5.70. The van der Waals surface area contributed by atoms with Gasteiger partial charge in [-0.2, -0.15) is 9.98 Å². The van der Waals surface area contributed by atoms with Gasteiger partial charge in [0.15, 0.2) is 9.60 Å². The predicted molar refractivity (Wildman–Crippen MR) is 136 cm³/mol. The number of fused-ring (bicyclic) bond motifs is 2. The van der Waals surface area contributed by atoms with Crippen LogP contribution in [0.25, 0.3) is 20.4 Å². The Morgan fingerprint density at radius 3 is 1.60 bits per heavy atom. The van der Waals surface area contributed by atoms with Crippen LogP contribution >= 0.6 is 22.7 Å². The first kappa shape index (κ1) is 24.8. The fraction of sp³-hybridized carbons (Fsp3) is 0.333. The van der Waals surface area contributed by atoms with Crippen molar-refractivity contribution in [2.75, 3.05) is 26.4 Å². The highest BCUT2D eigenvalue weighted by molar-refractivity contribution is 7.16. The molecule has 2 aromatic heterocycles. The monoisotopic (exact) mass is 514 g/mol. The molecule has 2 amide bonds. The van der Waals surface area contributed by atoms with E-state index in [1.807, 2.05) is 73.5 Å². The molecular weight excluding hydrogens is 488 g/mol. The van der Waals surface area contributed by atoms with Crippen LogP contribution in [-0.2, 0) is 28.4 Å². The molecule has 0 fully saturated rings. The second-order valence-electron chi connectivity index (χ2n) is 7.46. The van der Waals surface area contributed by atoms with Crippen molar-refractivity contribution in [1.82, 2.24) is 9.13 Å². The average molecular weight is 515 g/mol. The minimum atomic E-state index is -0.480. The van der Waals surface area contributed by atoms with Crippen LogP contribution in [0.2, 0.25) is 0 Å². The molecule has 0 aliphatic rings. The number of hydrogen-bond acceptors (Lipinski definition) is 7. The maximum Gasteiger partial charge on any atom is 0.274 e. The van der Waals surface area contributed by atoms with Gasteiger partial charge in [-0.1, -0.05) is 34.8 Å². The minimum absolute atomic E-state index is 0.319. The zero-order valence-corrected chi connectivity index (χ0v) is 21.6. The summed E-state index contributed by atoms with van der Waals surface area (Å²) in [7, 11) is 3.66. The van der Waals surface area contributed by atoms with Gasteiger partial charge in [-0.05, 0) is 38.1 Å². The molecule has 4 aromatic rings. The van der Waals surface area contributed by atoms with Gasteiger partial charge in [0.2, 0.25) is 0 Å². The third-order valence-electron chi connectivity index (χ3n) is 5.06. The third kappa shape index (κ3) is 5.37. The van der Waals surface area contributed by atoms with Crippen molar-refractivity contribution in [3.05, 3.63) is 46.0 Å². The molecule has 184 valence electrons. The lowest BCUT2D eigenvalue weighted by molar-refractivity contribution is -0.127. The zero-order valence-electron chi connectivity index (χ0n) is 19.9. The highest BCUT2D eigenvalue weighted by Gasteiger charge is 2.12. The molecule has 4 rings (SSSR count). The predicted octanol–water partition coefficient (Wildman–Crippen LogP) is 3.16. The lowest BCUT2D eigenvalue weighted by Gasteiger charge is -2.05. The normalized spacial score (nSPS) is 12.6. The summed E-state index contributed by atoms with van der Waals surface area (Å²) < 4.78 is 22.2. The first-order chi connectivity index (χ1) is 16.9. The first-order valence-corrected chi connectivity index (χ1v) is 12.7. The van der Waals surface area contributed by atoms with E-state index in [0.717, 1.165) is 31.9 Å². The smallest absolute Gasteiger partial charge is 0.274 e. The summed E-state index contributed by atoms with van der Waals surface area (Å²) >= 11 is 2.77. The second kappa shape index (κ2) is 11.0. The van der Waals surface area contributed by atoms with Crippen LogP contribution in [0.4, 0.5) is 0 Å². The van der Waals surface area contributed by atoms with Gasteiger partial charge in [0, 0.05) is 14.1 Å². The molecule has 0 N–H and O–H groups in total. The maximum absolute atomic E-state index is 12.4. The Bertz CT molecular complexity index is 1410. The number of para-hydroxylation sites is 2. The van der Waals surface area contributed by atoms with Crippen LogP contribution in [0, 0.1) is 0 Å². The van der Waals surface area contributed by atoms with E-state index in [4.69, 9.17) is 14.2 Å². The van der Waals surface area contributed by atoms with Crippen molar-refractivity contribution in [3.63, 3.8) is 0 Å². The van der Waals surface area contributed by atoms with E-state index in [9.17, 15) is 9.59 Å². The summed E-state index contributed by atoms with van der Waals surface area (Å²) in [4.78, 5) is 34.1. The quantitative estimate of drug-likeness (QED) is 0.360. The van der Waals surface area contributed by atoms with Crippen molar-refractivity contribution in [2.45, 2.75) is 13.8 Å². The molecule has 0 saturated carbocycles. The molecule has 0 radical (unpaired) electrons. The number of amides is 2. The van der Waals surface area contributed by atoms with Crippen LogP contribution in [-0.4, -0.2) is 47.4 Å². The molecule has 35 heavy (non-hydrogen) atoms. The SMILES string of the molecule is CCOc1cccc2sc(=NC(=O)COCC(=O)N=c3sc4cccc(OCC)c4n3C)n(C)c12. The van der Waals surface area contributed by atoms with Crippen LogP contribution in [0.3, 0.4) is 0 Å². The number of aryl methyl sites for hydroxylation is 2. The Morgan fingerprint density at radius 1 is 0.771 bits per heavy atom. The van der Waals surface area contributed by atoms with E-state index in [1.54, 1.807) is 0 Å². The molecule has 2 aromatic carbocycles. The van der Waals surface area contributed by atoms with E-state index in [1.165, 1.54) is 22.7 Å². The number of benzene rings is 2. The van der Waals surface area contributed by atoms with Gasteiger partial charge in [-0.15, -0.1) is 0 Å². The summed E-state index contributed by atoms with van der Waals surface area (Å²) in [5, 5.41) is 0. The van der Waals surface area contributed by atoms with Crippen molar-refractivity contribution < 1.29 is 23.8 Å². The van der Waals surface area contributed by atoms with Crippen LogP contribution in [0.5, 0.6) is 11.5 Å². The molecule has 9 nitrogen and oxygen atoms in total. The molecule has 0 unspecified atom stereocenters. The molecule has 0 spiro atoms. The van der Waals surface area contributed by atoms with Crippen molar-refractivity contribution in [2.24, 2.45) is 24.1 Å². The highest BCUT2D eigenvalue weighted by atomic mass is 32.1. The topological polar surface area (TPSA) is 96.4 Å². The number of thiazole rings is 2. The molecule has 0 atom stereocenters. The Labute approximate surface area is 209 Å². The molecule has 11 heteroatoms. The minimum Gasteiger partial charge on any atom is -0.492 e. The van der Waals surface area contributed by atoms with Gasteiger partial charge in [-0.3, -0.25) is 9.59 Å². The Morgan fingerprint density at radius 2 is 1.20 bits per heavy atom. The Balaban J connectivity index is 1.44. The Kier molecular flexibility index (Phi) is 7.79. The third-order valence-corrected chi connectivity index (χ3v) is 7.26. The largest absolute Gasteiger partial charge is 0.492 e. The van der Waals surface area contributed by atoms with E-state index in [-0.39, 0.29) is 13.2 Å². The molecule has 2 heterocycles. The van der Waals surface area contributed by atoms with Crippen LogP contribution in [0.1, 0.15) is 13.8 Å². The molecule has 0 bridgehead atoms. The number of nitrogens with zero attached hydrogens (tertiary/aromatic N) is 4. The number of carbonyl (C=O) groups excluding carboxylic acids is 2. The average Bonchev–Trinajstić information content (AvgIpc) is 3.31. The molecule has 0 aliphatic heterocycles. The van der Waals surface area contributed by atoms with Crippen LogP contribution in [0.15, 0.2) is 46.4 Å². The highest BCUT2D eigenvalue weighted by Crippen LogP contribution is 2.27. The first-order valence-electron chi connectivity index (χ1n) is 11.1. The van der Waals surface area contributed by atoms with E-state index < -0.39 is 11.8 Å². The van der Waals surface area contributed by atoms with Gasteiger partial charge in [0.1, 0.15) is 35.7 Å². The van der Waals surface area contributed by atoms with Gasteiger partial charge < -0.3 is 23.3 Å². The van der Waals surface area contributed by atoms with Gasteiger partial charge in [0.25, 0.3) is 11.8 Å². The van der Waals surface area contributed by atoms with Crippen molar-refractivity contribution >= 4 is 54.9 Å². The van der Waals surface area contributed by atoms with Gasteiger partial charge in [0.05, 0.1) is 22.6 Å². The summed E-state index contributed by atoms with van der Waals surface area (Å²) in [6.07, 6.45) is 0. The summed E-state index contributed by atoms with van der Waals surface area (Å²) in [6, 6.07) is 11.5. The second-order valence-corrected chi connectivity index (χ2v) is 9.48. The fourth-order valence-electron chi connectivity index (χ4n) is 3.60. The lowest BCUT2D eigenvalue weighted by Crippen LogP contribution is -2.19. The van der Waals surface area contributed by atoms with E-state index >= 15 is 0 Å². The molecule has 0 aliphatic carbocycles. The van der Waals surface area contributed by atoms with E-state index in [0.29, 0.717) is 22.8 Å². The van der Waals surface area contributed by atoms with Gasteiger partial charge in [-0.25, -0.2) is 0 Å². The van der Waals surface area contributed by atoms with Gasteiger partial charge >= 0.3 is 0 Å². The number of rotatable bonds is 8. The standard InChI is InChI=1S/C24H26N4O5S2/c1-5-32-15-9-7-11-17-21(15)27(3)23(34-17)25-19(29)13-31-14-20(30)26-24-28(4)22-16(33-6-2)10-8-12-18(22)35-24/h7-12H,5-6,13-14H2,1-4H3. The summed E-state index contributed by atoms with van der Waals surface area (Å²) in [5.41, 5.74) is 1.76. The maximum atomic E-state index is 12.4. The molecule has 0 saturated heterocycles. The molecular formula is C24H26N4O5S2. The zero-order chi connectivity index (χ0) is 24.9. The van der Waals surface area contributed by atoms with Crippen molar-refractivity contribution in [3.8, 4) is 11.5 Å². The Hall–Kier alpha value is -3.28. The number of hydrogen-bond donors (Lipinski definition) is 0.